The number of nitrogens with one attached hydrogen (secondary N) is 2. The first kappa shape index (κ1) is 19.2. The maximum atomic E-state index is 5.18. The zero-order valence-corrected chi connectivity index (χ0v) is 19.2. The molecule has 0 atom stereocenters. The Morgan fingerprint density at radius 3 is 1.86 bits per heavy atom. The van der Waals surface area contributed by atoms with Crippen LogP contribution in [0.15, 0.2) is 109 Å². The SMILES string of the molecule is c1ccc(-c2ncc3c4ccccc4n4c5ccccc5[nH]c4c4[nH]c5ccccc5n4c3n2)cc1. The second-order valence-corrected chi connectivity index (χ2v) is 8.97. The van der Waals surface area contributed by atoms with E-state index in [1.807, 2.05) is 36.5 Å². The third-order valence-electron chi connectivity index (χ3n) is 6.92. The third kappa shape index (κ3) is 2.61. The lowest BCUT2D eigenvalue weighted by molar-refractivity contribution is 1.16. The number of imidazole rings is 2. The molecule has 8 rings (SSSR count). The highest BCUT2D eigenvalue weighted by atomic mass is 15.1. The predicted molar refractivity (Wildman–Crippen MR) is 146 cm³/mol. The van der Waals surface area contributed by atoms with E-state index in [4.69, 9.17) is 9.97 Å². The second kappa shape index (κ2) is 7.20. The minimum atomic E-state index is 0.695. The average Bonchev–Trinajstić information content (AvgIpc) is 3.51. The maximum Gasteiger partial charge on any atom is 0.161 e. The van der Waals surface area contributed by atoms with Crippen molar-refractivity contribution < 1.29 is 0 Å². The van der Waals surface area contributed by atoms with Crippen molar-refractivity contribution in [2.75, 3.05) is 0 Å². The topological polar surface area (TPSA) is 66.2 Å². The largest absolute Gasteiger partial charge is 0.337 e. The summed E-state index contributed by atoms with van der Waals surface area (Å²) in [6.45, 7) is 0. The first-order valence-electron chi connectivity index (χ1n) is 12.0. The van der Waals surface area contributed by atoms with Crippen LogP contribution in [0, 0.1) is 0 Å². The fourth-order valence-electron chi connectivity index (χ4n) is 5.31. The van der Waals surface area contributed by atoms with Crippen LogP contribution in [0.5, 0.6) is 0 Å². The molecule has 0 spiro atoms. The first-order valence-corrected chi connectivity index (χ1v) is 12.0. The van der Waals surface area contributed by atoms with E-state index in [1.54, 1.807) is 0 Å². The van der Waals surface area contributed by atoms with E-state index in [0.717, 1.165) is 60.9 Å². The van der Waals surface area contributed by atoms with Gasteiger partial charge in [-0.3, -0.25) is 8.80 Å². The summed E-state index contributed by atoms with van der Waals surface area (Å²) in [6.07, 6.45) is 1.96. The Morgan fingerprint density at radius 2 is 1.11 bits per heavy atom. The van der Waals surface area contributed by atoms with E-state index in [-0.39, 0.29) is 0 Å². The molecule has 0 aliphatic heterocycles. The molecule has 0 amide bonds. The number of benzene rings is 4. The van der Waals surface area contributed by atoms with Gasteiger partial charge >= 0.3 is 0 Å². The first-order chi connectivity index (χ1) is 17.9. The Labute approximate surface area is 204 Å². The highest BCUT2D eigenvalue weighted by Gasteiger charge is 2.16. The summed E-state index contributed by atoms with van der Waals surface area (Å²) in [5.74, 6) is 0.695. The van der Waals surface area contributed by atoms with Crippen molar-refractivity contribution in [2.45, 2.75) is 0 Å². The lowest BCUT2D eigenvalue weighted by Gasteiger charge is -2.09. The zero-order chi connectivity index (χ0) is 23.6. The molecule has 2 N–H and O–H groups in total. The van der Waals surface area contributed by atoms with Crippen LogP contribution in [0.25, 0.3) is 66.7 Å². The fourth-order valence-corrected chi connectivity index (χ4v) is 5.31. The van der Waals surface area contributed by atoms with E-state index in [1.165, 1.54) is 0 Å². The van der Waals surface area contributed by atoms with Crippen molar-refractivity contribution in [1.29, 1.82) is 0 Å². The van der Waals surface area contributed by atoms with Crippen molar-refractivity contribution >= 4 is 55.3 Å². The van der Waals surface area contributed by atoms with Crippen molar-refractivity contribution in [2.24, 2.45) is 0 Å². The molecule has 4 aromatic heterocycles. The molecule has 170 valence electrons. The molecule has 0 bridgehead atoms. The number of hydrogen-bond acceptors (Lipinski definition) is 2. The summed E-state index contributed by atoms with van der Waals surface area (Å²) < 4.78 is 4.51. The fraction of sp³-hybridized carbons (Fsp3) is 0. The van der Waals surface area contributed by atoms with Gasteiger partial charge in [-0.1, -0.05) is 72.8 Å². The number of para-hydroxylation sites is 5. The molecule has 0 aliphatic carbocycles. The average molecular weight is 465 g/mol. The monoisotopic (exact) mass is 464 g/mol. The summed E-state index contributed by atoms with van der Waals surface area (Å²) in [4.78, 5) is 17.4. The molecule has 0 radical (unpaired) electrons. The summed E-state index contributed by atoms with van der Waals surface area (Å²) in [6, 6.07) is 35.3. The Morgan fingerprint density at radius 1 is 0.528 bits per heavy atom. The van der Waals surface area contributed by atoms with Crippen LogP contribution in [0.4, 0.5) is 0 Å². The van der Waals surface area contributed by atoms with Gasteiger partial charge in [-0.15, -0.1) is 0 Å². The number of hydrogen-bond donors (Lipinski definition) is 2. The molecule has 6 heteroatoms. The number of fused-ring (bicyclic) bond motifs is 12. The molecule has 8 aromatic rings. The Kier molecular flexibility index (Phi) is 3.85. The second-order valence-electron chi connectivity index (χ2n) is 8.97. The summed E-state index contributed by atoms with van der Waals surface area (Å²) in [7, 11) is 0. The van der Waals surface area contributed by atoms with Gasteiger partial charge < -0.3 is 9.97 Å². The lowest BCUT2D eigenvalue weighted by Crippen LogP contribution is -1.98. The van der Waals surface area contributed by atoms with E-state index in [2.05, 4.69) is 91.6 Å². The Bertz CT molecular complexity index is 2160. The van der Waals surface area contributed by atoms with Gasteiger partial charge in [0.25, 0.3) is 0 Å². The van der Waals surface area contributed by atoms with Crippen LogP contribution in [-0.2, 0) is 0 Å². The van der Waals surface area contributed by atoms with E-state index in [9.17, 15) is 0 Å². The van der Waals surface area contributed by atoms with Crippen LogP contribution < -0.4 is 0 Å². The van der Waals surface area contributed by atoms with Gasteiger partial charge in [-0.05, 0) is 30.3 Å². The number of nitrogens with zero attached hydrogens (tertiary/aromatic N) is 4. The normalized spacial score (nSPS) is 11.9. The van der Waals surface area contributed by atoms with Crippen molar-refractivity contribution in [3.05, 3.63) is 109 Å². The molecule has 6 nitrogen and oxygen atoms in total. The number of rotatable bonds is 1. The summed E-state index contributed by atoms with van der Waals surface area (Å²) in [5.41, 5.74) is 9.06. The van der Waals surface area contributed by atoms with E-state index in [0.29, 0.717) is 5.82 Å². The molecule has 0 saturated heterocycles. The highest BCUT2D eigenvalue weighted by Crippen LogP contribution is 2.31. The molecular weight excluding hydrogens is 444 g/mol. The van der Waals surface area contributed by atoms with Gasteiger partial charge in [0.1, 0.15) is 0 Å². The molecule has 4 heterocycles. The zero-order valence-electron chi connectivity index (χ0n) is 19.2. The Balaban J connectivity index is 1.74. The number of aromatic amines is 2. The van der Waals surface area contributed by atoms with Crippen LogP contribution >= 0.6 is 0 Å². The van der Waals surface area contributed by atoms with Gasteiger partial charge in [0.15, 0.2) is 22.8 Å². The maximum absolute atomic E-state index is 5.18. The molecule has 0 saturated carbocycles. The number of H-pyrrole nitrogens is 2. The molecule has 0 aliphatic rings. The minimum absolute atomic E-state index is 0.695. The lowest BCUT2D eigenvalue weighted by atomic mass is 10.1. The van der Waals surface area contributed by atoms with Crippen LogP contribution in [0.2, 0.25) is 0 Å². The van der Waals surface area contributed by atoms with E-state index >= 15 is 0 Å². The van der Waals surface area contributed by atoms with E-state index < -0.39 is 0 Å². The quantitative estimate of drug-likeness (QED) is 0.274. The highest BCUT2D eigenvalue weighted by molar-refractivity contribution is 6.07. The van der Waals surface area contributed by atoms with Gasteiger partial charge in [-0.25, -0.2) is 9.97 Å². The standard InChI is InChI=1S/C30H20N6/c1-2-10-19(11-3-1)27-31-18-21-20-12-4-7-15-24(20)35-25-16-8-5-13-22(25)32-29(35)30-33-23-14-6-9-17-26(23)36(30)28(21)34-27/h1-18,32-33H. The molecule has 36 heavy (non-hydrogen) atoms. The van der Waals surface area contributed by atoms with Crippen molar-refractivity contribution in [3.63, 3.8) is 0 Å². The van der Waals surface area contributed by atoms with Gasteiger partial charge in [0.05, 0.1) is 27.6 Å². The van der Waals surface area contributed by atoms with Gasteiger partial charge in [-0.2, -0.15) is 0 Å². The summed E-state index contributed by atoms with van der Waals surface area (Å²) in [5, 5.41) is 2.05. The predicted octanol–water partition coefficient (Wildman–Crippen LogP) is 7.04. The molecular formula is C30H20N6. The van der Waals surface area contributed by atoms with Gasteiger partial charge in [0.2, 0.25) is 0 Å². The van der Waals surface area contributed by atoms with Crippen LogP contribution in [-0.4, -0.2) is 28.7 Å². The number of aromatic nitrogens is 6. The van der Waals surface area contributed by atoms with Crippen molar-refractivity contribution in [1.82, 2.24) is 28.7 Å². The summed E-state index contributed by atoms with van der Waals surface area (Å²) >= 11 is 0. The molecule has 0 fully saturated rings. The Hall–Kier alpha value is -5.10. The minimum Gasteiger partial charge on any atom is -0.337 e. The van der Waals surface area contributed by atoms with Crippen LogP contribution in [0.3, 0.4) is 0 Å². The molecule has 4 aromatic carbocycles. The van der Waals surface area contributed by atoms with Crippen molar-refractivity contribution in [3.8, 4) is 11.4 Å². The van der Waals surface area contributed by atoms with Gasteiger partial charge in [0, 0.05) is 22.5 Å². The molecule has 0 unspecified atom stereocenters. The van der Waals surface area contributed by atoms with Crippen LogP contribution in [0.1, 0.15) is 0 Å². The smallest absolute Gasteiger partial charge is 0.161 e. The third-order valence-corrected chi connectivity index (χ3v) is 6.92.